The van der Waals surface area contributed by atoms with Crippen LogP contribution in [-0.2, 0) is 5.41 Å². The lowest BCUT2D eigenvalue weighted by Crippen LogP contribution is -2.34. The molecule has 0 fully saturated rings. The molecule has 0 aliphatic heterocycles. The Labute approximate surface area is 108 Å². The average molecular weight is 244 g/mol. The van der Waals surface area contributed by atoms with Gasteiger partial charge in [0, 0.05) is 23.7 Å². The van der Waals surface area contributed by atoms with Crippen molar-refractivity contribution in [2.45, 2.75) is 18.8 Å². The van der Waals surface area contributed by atoms with E-state index in [1.807, 2.05) is 18.2 Å². The van der Waals surface area contributed by atoms with E-state index >= 15 is 0 Å². The van der Waals surface area contributed by atoms with Crippen molar-refractivity contribution < 1.29 is 4.74 Å². The van der Waals surface area contributed by atoms with E-state index in [1.54, 1.807) is 7.11 Å². The summed E-state index contributed by atoms with van der Waals surface area (Å²) in [6, 6.07) is 5.80. The number of anilines is 1. The summed E-state index contributed by atoms with van der Waals surface area (Å²) in [4.78, 5) is 0. The summed E-state index contributed by atoms with van der Waals surface area (Å²) in [6.45, 7) is 2.64. The second-order valence-electron chi connectivity index (χ2n) is 4.80. The number of benzene rings is 1. The van der Waals surface area contributed by atoms with Crippen molar-refractivity contribution in [1.82, 2.24) is 0 Å². The molecule has 0 saturated carbocycles. The molecule has 0 bridgehead atoms. The monoisotopic (exact) mass is 244 g/mol. The zero-order valence-electron chi connectivity index (χ0n) is 10.9. The zero-order chi connectivity index (χ0) is 13.2. The van der Waals surface area contributed by atoms with Crippen LogP contribution in [0, 0.1) is 0 Å². The van der Waals surface area contributed by atoms with Gasteiger partial charge in [0.2, 0.25) is 0 Å². The predicted molar refractivity (Wildman–Crippen MR) is 75.7 cm³/mol. The molecule has 1 aliphatic rings. The molecule has 1 aliphatic carbocycles. The molecule has 1 unspecified atom stereocenters. The summed E-state index contributed by atoms with van der Waals surface area (Å²) in [5.41, 5.74) is 15.0. The Morgan fingerprint density at radius 1 is 1.39 bits per heavy atom. The van der Waals surface area contributed by atoms with Crippen LogP contribution in [0.15, 0.2) is 42.0 Å². The van der Waals surface area contributed by atoms with Gasteiger partial charge in [-0.3, -0.25) is 0 Å². The van der Waals surface area contributed by atoms with Gasteiger partial charge < -0.3 is 16.2 Å². The second-order valence-corrected chi connectivity index (χ2v) is 4.80. The van der Waals surface area contributed by atoms with Crippen molar-refractivity contribution in [2.75, 3.05) is 19.4 Å². The quantitative estimate of drug-likeness (QED) is 0.802. The number of hydrogen-bond acceptors (Lipinski definition) is 3. The Morgan fingerprint density at radius 3 is 2.67 bits per heavy atom. The average Bonchev–Trinajstić information content (AvgIpc) is 2.40. The minimum atomic E-state index is -0.185. The highest BCUT2D eigenvalue weighted by Crippen LogP contribution is 2.37. The van der Waals surface area contributed by atoms with Gasteiger partial charge in [-0.1, -0.05) is 29.9 Å². The van der Waals surface area contributed by atoms with E-state index in [2.05, 4.69) is 25.2 Å². The molecular weight excluding hydrogens is 224 g/mol. The van der Waals surface area contributed by atoms with Crippen LogP contribution in [0.1, 0.15) is 18.9 Å². The Hall–Kier alpha value is -1.74. The van der Waals surface area contributed by atoms with Gasteiger partial charge >= 0.3 is 0 Å². The highest BCUT2D eigenvalue weighted by atomic mass is 16.5. The molecular formula is C15H20N2O. The van der Waals surface area contributed by atoms with Crippen LogP contribution in [0.3, 0.4) is 0 Å². The molecule has 18 heavy (non-hydrogen) atoms. The van der Waals surface area contributed by atoms with Gasteiger partial charge in [-0.2, -0.15) is 0 Å². The Morgan fingerprint density at radius 2 is 2.17 bits per heavy atom. The van der Waals surface area contributed by atoms with Gasteiger partial charge in [0.15, 0.2) is 0 Å². The zero-order valence-corrected chi connectivity index (χ0v) is 10.9. The van der Waals surface area contributed by atoms with E-state index in [1.165, 1.54) is 5.57 Å². The molecule has 1 atom stereocenters. The molecule has 4 N–H and O–H groups in total. The normalized spacial score (nSPS) is 22.7. The van der Waals surface area contributed by atoms with Crippen molar-refractivity contribution in [3.8, 4) is 5.75 Å². The SMILES string of the molecule is COc1ccc(C2(CN)C=CC(C)=CC2)c(N)c1. The molecule has 1 aromatic rings. The summed E-state index contributed by atoms with van der Waals surface area (Å²) in [6.07, 6.45) is 7.37. The molecule has 3 nitrogen and oxygen atoms in total. The fourth-order valence-electron chi connectivity index (χ4n) is 2.35. The van der Waals surface area contributed by atoms with Crippen LogP contribution >= 0.6 is 0 Å². The number of methoxy groups -OCH3 is 1. The molecule has 0 spiro atoms. The van der Waals surface area contributed by atoms with Crippen LogP contribution in [0.5, 0.6) is 5.75 Å². The van der Waals surface area contributed by atoms with Crippen LogP contribution < -0.4 is 16.2 Å². The van der Waals surface area contributed by atoms with Crippen LogP contribution in [-0.4, -0.2) is 13.7 Å². The van der Waals surface area contributed by atoms with Crippen molar-refractivity contribution in [3.63, 3.8) is 0 Å². The number of nitrogens with two attached hydrogens (primary N) is 2. The van der Waals surface area contributed by atoms with Crippen LogP contribution in [0.2, 0.25) is 0 Å². The topological polar surface area (TPSA) is 61.3 Å². The number of ether oxygens (including phenoxy) is 1. The minimum absolute atomic E-state index is 0.185. The van der Waals surface area contributed by atoms with E-state index in [-0.39, 0.29) is 5.41 Å². The molecule has 0 saturated heterocycles. The third-order valence-corrected chi connectivity index (χ3v) is 3.61. The van der Waals surface area contributed by atoms with E-state index in [0.29, 0.717) is 6.54 Å². The van der Waals surface area contributed by atoms with Gasteiger partial charge in [0.05, 0.1) is 7.11 Å². The molecule has 0 amide bonds. The number of allylic oxidation sites excluding steroid dienone is 3. The summed E-state index contributed by atoms with van der Waals surface area (Å²) in [7, 11) is 1.64. The molecule has 1 aromatic carbocycles. The van der Waals surface area contributed by atoms with Gasteiger partial charge in [0.1, 0.15) is 5.75 Å². The summed E-state index contributed by atoms with van der Waals surface area (Å²) in [5.74, 6) is 0.773. The lowest BCUT2D eigenvalue weighted by Gasteiger charge is -2.32. The van der Waals surface area contributed by atoms with Gasteiger partial charge in [0.25, 0.3) is 0 Å². The highest BCUT2D eigenvalue weighted by molar-refractivity contribution is 5.57. The van der Waals surface area contributed by atoms with Crippen molar-refractivity contribution in [3.05, 3.63) is 47.6 Å². The van der Waals surface area contributed by atoms with E-state index < -0.39 is 0 Å². The minimum Gasteiger partial charge on any atom is -0.497 e. The third-order valence-electron chi connectivity index (χ3n) is 3.61. The number of hydrogen-bond donors (Lipinski definition) is 2. The first-order valence-corrected chi connectivity index (χ1v) is 6.11. The van der Waals surface area contributed by atoms with Gasteiger partial charge in [-0.15, -0.1) is 0 Å². The van der Waals surface area contributed by atoms with E-state index in [9.17, 15) is 0 Å². The maximum absolute atomic E-state index is 6.13. The fourth-order valence-corrected chi connectivity index (χ4v) is 2.35. The van der Waals surface area contributed by atoms with E-state index in [4.69, 9.17) is 16.2 Å². The van der Waals surface area contributed by atoms with Crippen molar-refractivity contribution in [2.24, 2.45) is 5.73 Å². The molecule has 0 radical (unpaired) electrons. The molecule has 3 heteroatoms. The van der Waals surface area contributed by atoms with Crippen LogP contribution in [0.25, 0.3) is 0 Å². The Kier molecular flexibility index (Phi) is 3.43. The number of nitrogen functional groups attached to an aromatic ring is 1. The lowest BCUT2D eigenvalue weighted by atomic mass is 9.74. The van der Waals surface area contributed by atoms with Gasteiger partial charge in [-0.25, -0.2) is 0 Å². The molecule has 0 heterocycles. The highest BCUT2D eigenvalue weighted by Gasteiger charge is 2.30. The Bertz CT molecular complexity index is 505. The first-order chi connectivity index (χ1) is 8.61. The number of rotatable bonds is 3. The fraction of sp³-hybridized carbons (Fsp3) is 0.333. The second kappa shape index (κ2) is 4.86. The summed E-state index contributed by atoms with van der Waals surface area (Å²) in [5, 5.41) is 0. The maximum atomic E-state index is 6.13. The Balaban J connectivity index is 2.43. The van der Waals surface area contributed by atoms with Crippen molar-refractivity contribution in [1.29, 1.82) is 0 Å². The molecule has 96 valence electrons. The van der Waals surface area contributed by atoms with Crippen LogP contribution in [0.4, 0.5) is 5.69 Å². The van der Waals surface area contributed by atoms with Crippen molar-refractivity contribution >= 4 is 5.69 Å². The third kappa shape index (κ3) is 2.14. The molecule has 2 rings (SSSR count). The first kappa shape index (κ1) is 12.7. The predicted octanol–water partition coefficient (Wildman–Crippen LogP) is 2.38. The standard InChI is InChI=1S/C15H20N2O/c1-11-5-7-15(10-16,8-6-11)13-4-3-12(18-2)9-14(13)17/h3-7,9H,8,10,16-17H2,1-2H3. The lowest BCUT2D eigenvalue weighted by molar-refractivity contribution is 0.414. The summed E-state index contributed by atoms with van der Waals surface area (Å²) >= 11 is 0. The smallest absolute Gasteiger partial charge is 0.120 e. The summed E-state index contributed by atoms with van der Waals surface area (Å²) < 4.78 is 5.18. The van der Waals surface area contributed by atoms with Gasteiger partial charge in [-0.05, 0) is 25.0 Å². The maximum Gasteiger partial charge on any atom is 0.120 e. The first-order valence-electron chi connectivity index (χ1n) is 6.11. The van der Waals surface area contributed by atoms with E-state index in [0.717, 1.165) is 23.4 Å². The molecule has 0 aromatic heterocycles. The largest absolute Gasteiger partial charge is 0.497 e.